The van der Waals surface area contributed by atoms with Gasteiger partial charge in [0.05, 0.1) is 16.2 Å². The minimum atomic E-state index is -3.72. The number of piperidine rings is 1. The Kier molecular flexibility index (Phi) is 5.23. The molecule has 1 spiro atoms. The summed E-state index contributed by atoms with van der Waals surface area (Å²) in [4.78, 5) is 2.27. The standard InChI is InChI=1S/C20H23ClFN3O3S/c1-14-11-20(7-8-24(14)12-15-5-6-19(26)18(21)9-15)13-23-29(27,28)25(20)17-4-2-3-16(22)10-17/h2-6,9-10,14,23,26H,7-8,11-13H2,1H3/t14-,20+/m0/s1. The minimum Gasteiger partial charge on any atom is -0.506 e. The Morgan fingerprint density at radius 3 is 2.79 bits per heavy atom. The summed E-state index contributed by atoms with van der Waals surface area (Å²) in [6, 6.07) is 11.0. The van der Waals surface area contributed by atoms with Crippen molar-refractivity contribution in [1.29, 1.82) is 0 Å². The first kappa shape index (κ1) is 20.4. The number of halogens is 2. The number of rotatable bonds is 3. The third-order valence-corrected chi connectivity index (χ3v) is 7.75. The van der Waals surface area contributed by atoms with E-state index in [1.165, 1.54) is 22.5 Å². The molecule has 29 heavy (non-hydrogen) atoms. The maximum Gasteiger partial charge on any atom is 0.302 e. The summed E-state index contributed by atoms with van der Waals surface area (Å²) in [5.74, 6) is -0.413. The van der Waals surface area contributed by atoms with Gasteiger partial charge in [0.2, 0.25) is 0 Å². The molecule has 0 aliphatic carbocycles. The van der Waals surface area contributed by atoms with Crippen molar-refractivity contribution in [3.8, 4) is 5.75 Å². The highest BCUT2D eigenvalue weighted by atomic mass is 35.5. The molecule has 2 aromatic rings. The summed E-state index contributed by atoms with van der Waals surface area (Å²) >= 11 is 6.02. The van der Waals surface area contributed by atoms with E-state index < -0.39 is 21.6 Å². The third-order valence-electron chi connectivity index (χ3n) is 5.86. The first-order valence-electron chi connectivity index (χ1n) is 9.47. The Balaban J connectivity index is 1.57. The molecule has 0 aromatic heterocycles. The van der Waals surface area contributed by atoms with Gasteiger partial charge in [0.25, 0.3) is 0 Å². The normalized spacial score (nSPS) is 26.9. The van der Waals surface area contributed by atoms with Crippen LogP contribution in [0.3, 0.4) is 0 Å². The predicted molar refractivity (Wildman–Crippen MR) is 111 cm³/mol. The van der Waals surface area contributed by atoms with Gasteiger partial charge in [-0.3, -0.25) is 9.21 Å². The molecule has 2 N–H and O–H groups in total. The van der Waals surface area contributed by atoms with E-state index in [2.05, 4.69) is 16.5 Å². The number of hydrogen-bond donors (Lipinski definition) is 2. The number of hydrogen-bond acceptors (Lipinski definition) is 4. The molecule has 2 saturated heterocycles. The smallest absolute Gasteiger partial charge is 0.302 e. The average molecular weight is 440 g/mol. The maximum absolute atomic E-state index is 13.8. The van der Waals surface area contributed by atoms with Gasteiger partial charge in [0, 0.05) is 25.7 Å². The highest BCUT2D eigenvalue weighted by Crippen LogP contribution is 2.41. The highest BCUT2D eigenvalue weighted by Gasteiger charge is 2.52. The van der Waals surface area contributed by atoms with Crippen LogP contribution in [0.4, 0.5) is 10.1 Å². The molecule has 9 heteroatoms. The van der Waals surface area contributed by atoms with Gasteiger partial charge >= 0.3 is 10.2 Å². The lowest BCUT2D eigenvalue weighted by atomic mass is 9.83. The number of nitrogens with one attached hydrogen (secondary N) is 1. The number of likely N-dealkylation sites (tertiary alicyclic amines) is 1. The zero-order chi connectivity index (χ0) is 20.8. The van der Waals surface area contributed by atoms with E-state index in [1.54, 1.807) is 18.2 Å². The van der Waals surface area contributed by atoms with E-state index in [-0.39, 0.29) is 11.8 Å². The van der Waals surface area contributed by atoms with Gasteiger partial charge in [-0.2, -0.15) is 13.1 Å². The van der Waals surface area contributed by atoms with Crippen molar-refractivity contribution in [2.24, 2.45) is 0 Å². The second kappa shape index (κ2) is 7.43. The molecular weight excluding hydrogens is 417 g/mol. The number of nitrogens with zero attached hydrogens (tertiary/aromatic N) is 2. The van der Waals surface area contributed by atoms with Gasteiger partial charge < -0.3 is 5.11 Å². The van der Waals surface area contributed by atoms with Crippen molar-refractivity contribution in [1.82, 2.24) is 9.62 Å². The summed E-state index contributed by atoms with van der Waals surface area (Å²) in [6.07, 6.45) is 1.23. The molecule has 2 heterocycles. The molecule has 2 atom stereocenters. The predicted octanol–water partition coefficient (Wildman–Crippen LogP) is 3.26. The molecule has 6 nitrogen and oxygen atoms in total. The topological polar surface area (TPSA) is 72.9 Å². The SMILES string of the molecule is C[C@H]1C[C@]2(CCN1Cc1ccc(O)c(Cl)c1)CNS(=O)(=O)N2c1cccc(F)c1. The van der Waals surface area contributed by atoms with Crippen molar-refractivity contribution >= 4 is 27.5 Å². The molecule has 2 aliphatic heterocycles. The summed E-state index contributed by atoms with van der Waals surface area (Å²) in [6.45, 7) is 3.70. The molecule has 2 fully saturated rings. The van der Waals surface area contributed by atoms with Crippen LogP contribution in [0.15, 0.2) is 42.5 Å². The number of phenols is 1. The largest absolute Gasteiger partial charge is 0.506 e. The number of aromatic hydroxyl groups is 1. The van der Waals surface area contributed by atoms with Gasteiger partial charge in [-0.05, 0) is 55.7 Å². The fourth-order valence-electron chi connectivity index (χ4n) is 4.45. The lowest BCUT2D eigenvalue weighted by Crippen LogP contribution is -2.57. The minimum absolute atomic E-state index is 0.0500. The maximum atomic E-state index is 13.8. The van der Waals surface area contributed by atoms with Crippen molar-refractivity contribution in [2.75, 3.05) is 17.4 Å². The van der Waals surface area contributed by atoms with Gasteiger partial charge in [-0.25, -0.2) is 4.39 Å². The summed E-state index contributed by atoms with van der Waals surface area (Å²) in [5, 5.41) is 9.92. The second-order valence-electron chi connectivity index (χ2n) is 7.85. The highest BCUT2D eigenvalue weighted by molar-refractivity contribution is 7.91. The number of benzene rings is 2. The van der Waals surface area contributed by atoms with E-state index in [0.29, 0.717) is 43.2 Å². The van der Waals surface area contributed by atoms with E-state index >= 15 is 0 Å². The van der Waals surface area contributed by atoms with Gasteiger partial charge in [0.1, 0.15) is 11.6 Å². The summed E-state index contributed by atoms with van der Waals surface area (Å²) in [7, 11) is -3.72. The van der Waals surface area contributed by atoms with Crippen molar-refractivity contribution in [3.63, 3.8) is 0 Å². The Bertz CT molecular complexity index is 1040. The molecule has 2 aromatic carbocycles. The lowest BCUT2D eigenvalue weighted by Gasteiger charge is -2.47. The molecule has 0 saturated carbocycles. The first-order chi connectivity index (χ1) is 13.7. The zero-order valence-corrected chi connectivity index (χ0v) is 17.5. The van der Waals surface area contributed by atoms with Crippen molar-refractivity contribution in [2.45, 2.75) is 37.9 Å². The average Bonchev–Trinajstić information content (AvgIpc) is 2.91. The van der Waals surface area contributed by atoms with Gasteiger partial charge in [-0.15, -0.1) is 0 Å². The molecule has 0 radical (unpaired) electrons. The van der Waals surface area contributed by atoms with Crippen LogP contribution in [-0.2, 0) is 16.8 Å². The Morgan fingerprint density at radius 2 is 2.10 bits per heavy atom. The molecular formula is C20H23ClFN3O3S. The molecule has 156 valence electrons. The van der Waals surface area contributed by atoms with E-state index in [9.17, 15) is 17.9 Å². The van der Waals surface area contributed by atoms with Crippen molar-refractivity contribution < 1.29 is 17.9 Å². The third kappa shape index (κ3) is 3.82. The van der Waals surface area contributed by atoms with Gasteiger partial charge in [0.15, 0.2) is 0 Å². The van der Waals surface area contributed by atoms with Crippen LogP contribution in [-0.4, -0.2) is 43.1 Å². The van der Waals surface area contributed by atoms with Gasteiger partial charge in [-0.1, -0.05) is 23.7 Å². The van der Waals surface area contributed by atoms with Crippen LogP contribution < -0.4 is 9.03 Å². The molecule has 0 unspecified atom stereocenters. The van der Waals surface area contributed by atoms with Crippen LogP contribution in [0, 0.1) is 5.82 Å². The Labute approximate surface area is 175 Å². The van der Waals surface area contributed by atoms with E-state index in [0.717, 1.165) is 5.56 Å². The molecule has 0 amide bonds. The first-order valence-corrected chi connectivity index (χ1v) is 11.3. The molecule has 0 bridgehead atoms. The summed E-state index contributed by atoms with van der Waals surface area (Å²) in [5.41, 5.74) is 0.700. The lowest BCUT2D eigenvalue weighted by molar-refractivity contribution is 0.106. The zero-order valence-electron chi connectivity index (χ0n) is 16.0. The molecule has 2 aliphatic rings. The van der Waals surface area contributed by atoms with Crippen molar-refractivity contribution in [3.05, 3.63) is 58.9 Å². The number of phenolic OH excluding ortho intramolecular Hbond substituents is 1. The fourth-order valence-corrected chi connectivity index (χ4v) is 6.36. The van der Waals surface area contributed by atoms with Crippen LogP contribution in [0.1, 0.15) is 25.3 Å². The number of anilines is 1. The van der Waals surface area contributed by atoms with Crippen LogP contribution >= 0.6 is 11.6 Å². The summed E-state index contributed by atoms with van der Waals surface area (Å²) < 4.78 is 43.3. The monoisotopic (exact) mass is 439 g/mol. The molecule has 4 rings (SSSR count). The van der Waals surface area contributed by atoms with Crippen LogP contribution in [0.25, 0.3) is 0 Å². The van der Waals surface area contributed by atoms with Crippen LogP contribution in [0.5, 0.6) is 5.75 Å². The second-order valence-corrected chi connectivity index (χ2v) is 9.87. The quantitative estimate of drug-likeness (QED) is 0.770. The van der Waals surface area contributed by atoms with E-state index in [4.69, 9.17) is 11.6 Å². The Hall–Kier alpha value is -1.87. The fraction of sp³-hybridized carbons (Fsp3) is 0.400. The Morgan fingerprint density at radius 1 is 1.31 bits per heavy atom. The van der Waals surface area contributed by atoms with E-state index in [1.807, 2.05) is 6.07 Å². The van der Waals surface area contributed by atoms with Crippen LogP contribution in [0.2, 0.25) is 5.02 Å².